The van der Waals surface area contributed by atoms with Crippen molar-refractivity contribution >= 4 is 0 Å². The van der Waals surface area contributed by atoms with E-state index in [0.717, 1.165) is 17.8 Å². The van der Waals surface area contributed by atoms with Gasteiger partial charge in [-0.25, -0.2) is 0 Å². The molecule has 2 heterocycles. The van der Waals surface area contributed by atoms with E-state index < -0.39 is 0 Å². The highest BCUT2D eigenvalue weighted by Crippen LogP contribution is 2.55. The first kappa shape index (κ1) is 6.60. The first-order chi connectivity index (χ1) is 5.88. The molecule has 1 aliphatic carbocycles. The zero-order valence-electron chi connectivity index (χ0n) is 7.07. The third kappa shape index (κ3) is 0.705. The second kappa shape index (κ2) is 2.07. The molecule has 1 saturated heterocycles. The number of aryl methyl sites for hydroxylation is 1. The molecule has 0 bridgehead atoms. The Morgan fingerprint density at radius 1 is 1.50 bits per heavy atom. The van der Waals surface area contributed by atoms with E-state index in [-0.39, 0.29) is 0 Å². The molecule has 1 saturated carbocycles. The zero-order chi connectivity index (χ0) is 8.13. The highest BCUT2D eigenvalue weighted by Gasteiger charge is 2.54. The molecular weight excluding hydrogens is 152 g/mol. The highest BCUT2D eigenvalue weighted by atomic mass is 15.4. The maximum atomic E-state index is 3.95. The fraction of sp³-hybridized carbons (Fsp3) is 0.750. The second-order valence-corrected chi connectivity index (χ2v) is 3.79. The Labute approximate surface area is 71.0 Å². The summed E-state index contributed by atoms with van der Waals surface area (Å²) in [4.78, 5) is 0. The average molecular weight is 164 g/mol. The van der Waals surface area contributed by atoms with Gasteiger partial charge in [0.05, 0.1) is 11.9 Å². The third-order valence-corrected chi connectivity index (χ3v) is 3.18. The van der Waals surface area contributed by atoms with E-state index in [4.69, 9.17) is 0 Å². The van der Waals surface area contributed by atoms with E-state index in [1.807, 2.05) is 17.9 Å². The van der Waals surface area contributed by atoms with Gasteiger partial charge in [-0.1, -0.05) is 5.21 Å². The normalized spacial score (nSPS) is 38.2. The van der Waals surface area contributed by atoms with Crippen molar-refractivity contribution in [3.8, 4) is 0 Å². The van der Waals surface area contributed by atoms with E-state index in [0.29, 0.717) is 0 Å². The second-order valence-electron chi connectivity index (χ2n) is 3.79. The topological polar surface area (TPSA) is 42.7 Å². The lowest BCUT2D eigenvalue weighted by molar-refractivity contribution is 0.621. The SMILES string of the molecule is Cn1nncc1C1C2CNCC21. The lowest BCUT2D eigenvalue weighted by Gasteiger charge is -2.02. The van der Waals surface area contributed by atoms with Crippen LogP contribution in [-0.4, -0.2) is 28.1 Å². The van der Waals surface area contributed by atoms with Crippen molar-refractivity contribution in [3.05, 3.63) is 11.9 Å². The van der Waals surface area contributed by atoms with E-state index in [1.54, 1.807) is 0 Å². The van der Waals surface area contributed by atoms with Crippen molar-refractivity contribution in [3.63, 3.8) is 0 Å². The molecule has 3 rings (SSSR count). The van der Waals surface area contributed by atoms with E-state index >= 15 is 0 Å². The summed E-state index contributed by atoms with van der Waals surface area (Å²) in [6.07, 6.45) is 1.91. The maximum absolute atomic E-state index is 3.95. The van der Waals surface area contributed by atoms with Gasteiger partial charge in [0.2, 0.25) is 0 Å². The van der Waals surface area contributed by atoms with Crippen LogP contribution in [0.15, 0.2) is 6.20 Å². The van der Waals surface area contributed by atoms with Crippen LogP contribution >= 0.6 is 0 Å². The summed E-state index contributed by atoms with van der Waals surface area (Å²) >= 11 is 0. The van der Waals surface area contributed by atoms with Crippen molar-refractivity contribution in [2.75, 3.05) is 13.1 Å². The minimum Gasteiger partial charge on any atom is -0.316 e. The molecular formula is C8H12N4. The standard InChI is InChI=1S/C8H12N4/c1-12-7(4-10-11-12)8-5-2-9-3-6(5)8/h4-6,8-9H,2-3H2,1H3. The Bertz CT molecular complexity index is 296. The van der Waals surface area contributed by atoms with Crippen LogP contribution in [0.1, 0.15) is 11.6 Å². The van der Waals surface area contributed by atoms with Gasteiger partial charge in [-0.2, -0.15) is 0 Å². The number of fused-ring (bicyclic) bond motifs is 1. The summed E-state index contributed by atoms with van der Waals surface area (Å²) in [5.74, 6) is 2.47. The first-order valence-electron chi connectivity index (χ1n) is 4.43. The van der Waals surface area contributed by atoms with Crippen LogP contribution in [0.3, 0.4) is 0 Å². The van der Waals surface area contributed by atoms with Crippen LogP contribution in [0.4, 0.5) is 0 Å². The van der Waals surface area contributed by atoms with Gasteiger partial charge < -0.3 is 5.32 Å². The zero-order valence-corrected chi connectivity index (χ0v) is 7.07. The number of piperidine rings is 1. The van der Waals surface area contributed by atoms with Crippen LogP contribution < -0.4 is 5.32 Å². The number of hydrogen-bond acceptors (Lipinski definition) is 3. The van der Waals surface area contributed by atoms with Gasteiger partial charge >= 0.3 is 0 Å². The fourth-order valence-corrected chi connectivity index (χ4v) is 2.46. The maximum Gasteiger partial charge on any atom is 0.0728 e. The van der Waals surface area contributed by atoms with E-state index in [1.165, 1.54) is 18.8 Å². The van der Waals surface area contributed by atoms with Crippen molar-refractivity contribution in [2.24, 2.45) is 18.9 Å². The van der Waals surface area contributed by atoms with Crippen LogP contribution in [0.2, 0.25) is 0 Å². The van der Waals surface area contributed by atoms with Crippen molar-refractivity contribution < 1.29 is 0 Å². The molecule has 0 aromatic carbocycles. The molecule has 4 heteroatoms. The predicted octanol–water partition coefficient (Wildman–Crippen LogP) is -0.252. The van der Waals surface area contributed by atoms with Gasteiger partial charge in [0.15, 0.2) is 0 Å². The molecule has 0 amide bonds. The van der Waals surface area contributed by atoms with Gasteiger partial charge in [0.25, 0.3) is 0 Å². The van der Waals surface area contributed by atoms with Gasteiger partial charge in [0, 0.05) is 13.0 Å². The first-order valence-corrected chi connectivity index (χ1v) is 4.43. The number of nitrogens with one attached hydrogen (secondary N) is 1. The molecule has 4 nitrogen and oxygen atoms in total. The third-order valence-electron chi connectivity index (χ3n) is 3.18. The van der Waals surface area contributed by atoms with Gasteiger partial charge in [-0.3, -0.25) is 4.68 Å². The van der Waals surface area contributed by atoms with Crippen LogP contribution in [0.5, 0.6) is 0 Å². The summed E-state index contributed by atoms with van der Waals surface area (Å²) < 4.78 is 1.91. The molecule has 1 aromatic heterocycles. The fourth-order valence-electron chi connectivity index (χ4n) is 2.46. The summed E-state index contributed by atoms with van der Waals surface area (Å²) in [6.45, 7) is 2.36. The number of aromatic nitrogens is 3. The van der Waals surface area contributed by atoms with Crippen molar-refractivity contribution in [2.45, 2.75) is 5.92 Å². The Hall–Kier alpha value is -0.900. The van der Waals surface area contributed by atoms with Crippen LogP contribution in [0.25, 0.3) is 0 Å². The van der Waals surface area contributed by atoms with Gasteiger partial charge in [0.1, 0.15) is 0 Å². The molecule has 1 aliphatic heterocycles. The molecule has 2 aliphatic rings. The van der Waals surface area contributed by atoms with Gasteiger partial charge in [-0.15, -0.1) is 5.10 Å². The Kier molecular flexibility index (Phi) is 1.14. The van der Waals surface area contributed by atoms with Crippen LogP contribution in [0, 0.1) is 11.8 Å². The minimum absolute atomic E-state index is 0.742. The minimum atomic E-state index is 0.742. The molecule has 1 aromatic rings. The smallest absolute Gasteiger partial charge is 0.0728 e. The monoisotopic (exact) mass is 164 g/mol. The van der Waals surface area contributed by atoms with E-state index in [9.17, 15) is 0 Å². The number of hydrogen-bond donors (Lipinski definition) is 1. The molecule has 0 spiro atoms. The predicted molar refractivity (Wildman–Crippen MR) is 43.6 cm³/mol. The molecule has 2 atom stereocenters. The summed E-state index contributed by atoms with van der Waals surface area (Å²) in [5.41, 5.74) is 1.31. The summed E-state index contributed by atoms with van der Waals surface area (Å²) in [7, 11) is 1.98. The molecule has 1 N–H and O–H groups in total. The lowest BCUT2D eigenvalue weighted by Crippen LogP contribution is -2.15. The number of rotatable bonds is 1. The molecule has 64 valence electrons. The van der Waals surface area contributed by atoms with Crippen molar-refractivity contribution in [1.29, 1.82) is 0 Å². The Balaban J connectivity index is 1.89. The van der Waals surface area contributed by atoms with Crippen LogP contribution in [-0.2, 0) is 7.05 Å². The average Bonchev–Trinajstić information content (AvgIpc) is 2.56. The lowest BCUT2D eigenvalue weighted by atomic mass is 10.2. The Morgan fingerprint density at radius 2 is 2.25 bits per heavy atom. The molecule has 2 fully saturated rings. The summed E-state index contributed by atoms with van der Waals surface area (Å²) in [5, 5.41) is 11.2. The molecule has 2 unspecified atom stereocenters. The quantitative estimate of drug-likeness (QED) is 0.622. The van der Waals surface area contributed by atoms with Crippen molar-refractivity contribution in [1.82, 2.24) is 20.3 Å². The van der Waals surface area contributed by atoms with E-state index in [2.05, 4.69) is 15.6 Å². The Morgan fingerprint density at radius 3 is 2.83 bits per heavy atom. The molecule has 12 heavy (non-hydrogen) atoms. The summed E-state index contributed by atoms with van der Waals surface area (Å²) in [6, 6.07) is 0. The highest BCUT2D eigenvalue weighted by molar-refractivity contribution is 5.22. The van der Waals surface area contributed by atoms with Gasteiger partial charge in [-0.05, 0) is 24.9 Å². The number of nitrogens with zero attached hydrogens (tertiary/aromatic N) is 3. The molecule has 0 radical (unpaired) electrons. The largest absolute Gasteiger partial charge is 0.316 e.